The molecule has 2 rings (SSSR count). The number of aliphatic carboxylic acids is 2. The van der Waals surface area contributed by atoms with Gasteiger partial charge in [-0.2, -0.15) is 12.6 Å². The molecule has 0 aliphatic rings. The fourth-order valence-electron chi connectivity index (χ4n) is 3.57. The van der Waals surface area contributed by atoms with Crippen molar-refractivity contribution in [1.82, 2.24) is 20.9 Å². The second-order valence-corrected chi connectivity index (χ2v) is 8.84. The predicted octanol–water partition coefficient (Wildman–Crippen LogP) is -1.75. The van der Waals surface area contributed by atoms with Crippen molar-refractivity contribution in [2.75, 3.05) is 5.75 Å². The van der Waals surface area contributed by atoms with Crippen LogP contribution in [0, 0.1) is 0 Å². The molecule has 1 aromatic carbocycles. The Bertz CT molecular complexity index is 1200. The molecule has 4 atom stereocenters. The number of benzene rings is 1. The number of para-hydroxylation sites is 1. The molecular formula is C23H30N6O8S. The Morgan fingerprint density at radius 1 is 0.921 bits per heavy atom. The van der Waals surface area contributed by atoms with Gasteiger partial charge in [-0.3, -0.25) is 24.0 Å². The van der Waals surface area contributed by atoms with Gasteiger partial charge < -0.3 is 42.6 Å². The minimum absolute atomic E-state index is 0.00706. The van der Waals surface area contributed by atoms with E-state index in [1.54, 1.807) is 12.3 Å². The normalized spacial score (nSPS) is 14.1. The first-order chi connectivity index (χ1) is 17.9. The number of rotatable bonds is 15. The molecule has 2 aromatic rings. The molecule has 0 fully saturated rings. The van der Waals surface area contributed by atoms with Crippen LogP contribution >= 0.6 is 12.6 Å². The lowest BCUT2D eigenvalue weighted by atomic mass is 10.0. The third kappa shape index (κ3) is 8.77. The second kappa shape index (κ2) is 14.0. The number of carboxylic acids is 2. The predicted molar refractivity (Wildman–Crippen MR) is 138 cm³/mol. The van der Waals surface area contributed by atoms with E-state index in [0.29, 0.717) is 5.56 Å². The van der Waals surface area contributed by atoms with Gasteiger partial charge in [0.15, 0.2) is 0 Å². The van der Waals surface area contributed by atoms with Gasteiger partial charge in [0.05, 0.1) is 12.5 Å². The summed E-state index contributed by atoms with van der Waals surface area (Å²) in [6, 6.07) is 1.75. The number of carbonyl (C=O) groups excluding carboxylic acids is 4. The molecule has 0 bridgehead atoms. The molecule has 1 aromatic heterocycles. The third-order valence-corrected chi connectivity index (χ3v) is 5.96. The van der Waals surface area contributed by atoms with Crippen LogP contribution in [0.15, 0.2) is 30.5 Å². The summed E-state index contributed by atoms with van der Waals surface area (Å²) in [5, 5.41) is 25.9. The maximum Gasteiger partial charge on any atom is 0.326 e. The zero-order valence-electron chi connectivity index (χ0n) is 20.2. The molecule has 4 amide bonds. The van der Waals surface area contributed by atoms with Crippen molar-refractivity contribution in [2.45, 2.75) is 49.9 Å². The van der Waals surface area contributed by atoms with Crippen LogP contribution in [-0.2, 0) is 35.2 Å². The Hall–Kier alpha value is -4.11. The second-order valence-electron chi connectivity index (χ2n) is 8.48. The monoisotopic (exact) mass is 550 g/mol. The average Bonchev–Trinajstić information content (AvgIpc) is 3.27. The molecule has 4 unspecified atom stereocenters. The van der Waals surface area contributed by atoms with E-state index in [1.807, 2.05) is 18.2 Å². The number of hydrogen-bond donors (Lipinski definition) is 9. The van der Waals surface area contributed by atoms with E-state index in [2.05, 4.69) is 33.6 Å². The van der Waals surface area contributed by atoms with Crippen LogP contribution in [0.4, 0.5) is 0 Å². The lowest BCUT2D eigenvalue weighted by molar-refractivity contribution is -0.143. The highest BCUT2D eigenvalue weighted by molar-refractivity contribution is 7.80. The summed E-state index contributed by atoms with van der Waals surface area (Å²) >= 11 is 3.98. The van der Waals surface area contributed by atoms with Gasteiger partial charge in [0, 0.05) is 35.7 Å². The highest BCUT2D eigenvalue weighted by Gasteiger charge is 2.31. The number of carbonyl (C=O) groups is 6. The quantitative estimate of drug-likeness (QED) is 0.114. The van der Waals surface area contributed by atoms with E-state index in [-0.39, 0.29) is 12.2 Å². The molecule has 38 heavy (non-hydrogen) atoms. The van der Waals surface area contributed by atoms with Gasteiger partial charge in [0.1, 0.15) is 18.1 Å². The number of nitrogens with two attached hydrogens (primary N) is 2. The minimum atomic E-state index is -1.60. The first kappa shape index (κ1) is 30.1. The van der Waals surface area contributed by atoms with Crippen molar-refractivity contribution in [3.63, 3.8) is 0 Å². The molecule has 0 radical (unpaired) electrons. The van der Waals surface area contributed by atoms with Crippen molar-refractivity contribution in [2.24, 2.45) is 11.5 Å². The molecule has 206 valence electrons. The zero-order chi connectivity index (χ0) is 28.4. The van der Waals surface area contributed by atoms with Crippen LogP contribution < -0.4 is 27.4 Å². The first-order valence-corrected chi connectivity index (χ1v) is 12.1. The van der Waals surface area contributed by atoms with E-state index in [1.165, 1.54) is 0 Å². The van der Waals surface area contributed by atoms with Crippen molar-refractivity contribution in [1.29, 1.82) is 0 Å². The van der Waals surface area contributed by atoms with Crippen LogP contribution in [0.3, 0.4) is 0 Å². The number of primary amides is 1. The third-order valence-electron chi connectivity index (χ3n) is 5.57. The molecule has 0 spiro atoms. The maximum atomic E-state index is 13.3. The van der Waals surface area contributed by atoms with Gasteiger partial charge in [-0.1, -0.05) is 18.2 Å². The lowest BCUT2D eigenvalue weighted by Gasteiger charge is -2.24. The first-order valence-electron chi connectivity index (χ1n) is 11.5. The van der Waals surface area contributed by atoms with Crippen LogP contribution in [-0.4, -0.2) is 80.7 Å². The Morgan fingerprint density at radius 2 is 1.53 bits per heavy atom. The number of amides is 4. The number of aromatic nitrogens is 1. The van der Waals surface area contributed by atoms with Gasteiger partial charge in [-0.25, -0.2) is 4.79 Å². The molecular weight excluding hydrogens is 520 g/mol. The van der Waals surface area contributed by atoms with Crippen molar-refractivity contribution >= 4 is 59.1 Å². The Labute approximate surface area is 222 Å². The van der Waals surface area contributed by atoms with Gasteiger partial charge in [0.25, 0.3) is 0 Å². The molecule has 14 nitrogen and oxygen atoms in total. The Morgan fingerprint density at radius 3 is 2.13 bits per heavy atom. The number of thiol groups is 1. The lowest BCUT2D eigenvalue weighted by Crippen LogP contribution is -2.58. The topological polar surface area (TPSA) is 247 Å². The fraction of sp³-hybridized carbons (Fsp3) is 0.391. The number of aromatic amines is 1. The van der Waals surface area contributed by atoms with Crippen LogP contribution in [0.5, 0.6) is 0 Å². The summed E-state index contributed by atoms with van der Waals surface area (Å²) in [4.78, 5) is 75.5. The summed E-state index contributed by atoms with van der Waals surface area (Å²) in [5.41, 5.74) is 12.4. The van der Waals surface area contributed by atoms with Crippen LogP contribution in [0.2, 0.25) is 0 Å². The van der Waals surface area contributed by atoms with E-state index in [4.69, 9.17) is 16.6 Å². The summed E-state index contributed by atoms with van der Waals surface area (Å²) in [6.07, 6.45) is -0.0409. The van der Waals surface area contributed by atoms with Crippen LogP contribution in [0.25, 0.3) is 10.9 Å². The summed E-state index contributed by atoms with van der Waals surface area (Å²) in [5.74, 6) is -6.38. The number of hydrogen-bond acceptors (Lipinski definition) is 8. The van der Waals surface area contributed by atoms with E-state index >= 15 is 0 Å². The Kier molecular flexibility index (Phi) is 11.1. The standard InChI is InChI=1S/C23H30N6O8S/c24-13(10-38)20(33)28-16(7-11-9-26-14-4-2-1-3-12(11)14)21(34)29-17(8-18(25)30)22(35)27-15(23(36)37)5-6-19(31)32/h1-4,9,13,15-17,26,38H,5-8,10,24H2,(H2,25,30)(H,27,35)(H,28,33)(H,29,34)(H,31,32)(H,36,37). The van der Waals surface area contributed by atoms with Crippen molar-refractivity contribution in [3.8, 4) is 0 Å². The summed E-state index contributed by atoms with van der Waals surface area (Å²) in [7, 11) is 0. The van der Waals surface area contributed by atoms with Crippen molar-refractivity contribution in [3.05, 3.63) is 36.0 Å². The molecule has 15 heteroatoms. The highest BCUT2D eigenvalue weighted by Crippen LogP contribution is 2.19. The average molecular weight is 551 g/mol. The number of fused-ring (bicyclic) bond motifs is 1. The van der Waals surface area contributed by atoms with Crippen LogP contribution in [0.1, 0.15) is 24.8 Å². The fourth-order valence-corrected chi connectivity index (χ4v) is 3.74. The van der Waals surface area contributed by atoms with Crippen molar-refractivity contribution < 1.29 is 39.0 Å². The summed E-state index contributed by atoms with van der Waals surface area (Å²) in [6.45, 7) is 0. The van der Waals surface area contributed by atoms with Gasteiger partial charge in [-0.15, -0.1) is 0 Å². The molecule has 0 saturated heterocycles. The molecule has 10 N–H and O–H groups in total. The number of nitrogens with one attached hydrogen (secondary N) is 4. The SMILES string of the molecule is NC(=O)CC(NC(=O)C(Cc1c[nH]c2ccccc12)NC(=O)C(N)CS)C(=O)NC(CCC(=O)O)C(=O)O. The van der Waals surface area contributed by atoms with Gasteiger partial charge in [0.2, 0.25) is 23.6 Å². The highest BCUT2D eigenvalue weighted by atomic mass is 32.1. The molecule has 1 heterocycles. The minimum Gasteiger partial charge on any atom is -0.481 e. The zero-order valence-corrected chi connectivity index (χ0v) is 21.1. The van der Waals surface area contributed by atoms with Gasteiger partial charge in [-0.05, 0) is 18.1 Å². The molecule has 0 saturated carbocycles. The Balaban J connectivity index is 2.28. The number of H-pyrrole nitrogens is 1. The number of carboxylic acid groups (broad SMARTS) is 2. The smallest absolute Gasteiger partial charge is 0.326 e. The largest absolute Gasteiger partial charge is 0.481 e. The summed E-state index contributed by atoms with van der Waals surface area (Å²) < 4.78 is 0. The van der Waals surface area contributed by atoms with E-state index < -0.39 is 79.0 Å². The van der Waals surface area contributed by atoms with Gasteiger partial charge >= 0.3 is 11.9 Å². The molecule has 0 aliphatic carbocycles. The van der Waals surface area contributed by atoms with E-state index in [0.717, 1.165) is 10.9 Å². The maximum absolute atomic E-state index is 13.3. The van der Waals surface area contributed by atoms with E-state index in [9.17, 15) is 33.9 Å². The molecule has 0 aliphatic heterocycles.